The summed E-state index contributed by atoms with van der Waals surface area (Å²) in [5.74, 6) is 2.33. The van der Waals surface area contributed by atoms with Crippen molar-refractivity contribution >= 4 is 5.91 Å². The summed E-state index contributed by atoms with van der Waals surface area (Å²) in [6.07, 6.45) is 1.05. The van der Waals surface area contributed by atoms with Crippen LogP contribution in [0.25, 0.3) is 0 Å². The minimum atomic E-state index is 0.0196. The second-order valence-electron chi connectivity index (χ2n) is 6.76. The molecule has 0 aliphatic carbocycles. The highest BCUT2D eigenvalue weighted by atomic mass is 16.5. The van der Waals surface area contributed by atoms with E-state index in [1.807, 2.05) is 36.9 Å². The zero-order valence-electron chi connectivity index (χ0n) is 14.9. The summed E-state index contributed by atoms with van der Waals surface area (Å²) < 4.78 is 7.35. The van der Waals surface area contributed by atoms with E-state index < -0.39 is 0 Å². The molecule has 0 radical (unpaired) electrons. The summed E-state index contributed by atoms with van der Waals surface area (Å²) in [6, 6.07) is 12.2. The average molecular weight is 351 g/mol. The number of hydrogen-bond donors (Lipinski definition) is 0. The number of hydrogen-bond acceptors (Lipinski definition) is 5. The van der Waals surface area contributed by atoms with Gasteiger partial charge in [0, 0.05) is 12.6 Å². The molecule has 0 bridgehead atoms. The van der Waals surface area contributed by atoms with Crippen LogP contribution in [0.1, 0.15) is 34.7 Å². The quantitative estimate of drug-likeness (QED) is 0.720. The fraction of sp³-hybridized carbons (Fsp3) is 0.368. The number of carbonyl (C=O) groups excluding carboxylic acids is 1. The molecule has 2 aromatic heterocycles. The van der Waals surface area contributed by atoms with Gasteiger partial charge in [-0.25, -0.2) is 0 Å². The number of fused-ring (bicyclic) bond motifs is 1. The third-order valence-electron chi connectivity index (χ3n) is 4.73. The molecule has 26 heavy (non-hydrogen) atoms. The van der Waals surface area contributed by atoms with Gasteiger partial charge in [-0.05, 0) is 25.8 Å². The Hall–Kier alpha value is -2.96. The number of rotatable bonds is 4. The van der Waals surface area contributed by atoms with Crippen LogP contribution in [0, 0.1) is 13.8 Å². The zero-order valence-corrected chi connectivity index (χ0v) is 14.9. The maximum absolute atomic E-state index is 12.8. The lowest BCUT2D eigenvalue weighted by Crippen LogP contribution is -2.42. The van der Waals surface area contributed by atoms with Gasteiger partial charge in [0.05, 0.1) is 24.7 Å². The Kier molecular flexibility index (Phi) is 4.28. The van der Waals surface area contributed by atoms with E-state index in [9.17, 15) is 4.79 Å². The second kappa shape index (κ2) is 6.74. The van der Waals surface area contributed by atoms with E-state index in [0.717, 1.165) is 23.8 Å². The van der Waals surface area contributed by atoms with Crippen molar-refractivity contribution in [2.24, 2.45) is 0 Å². The van der Waals surface area contributed by atoms with Crippen LogP contribution < -0.4 is 0 Å². The van der Waals surface area contributed by atoms with Crippen LogP contribution in [-0.2, 0) is 24.2 Å². The fourth-order valence-electron chi connectivity index (χ4n) is 3.56. The third kappa shape index (κ3) is 3.24. The van der Waals surface area contributed by atoms with E-state index >= 15 is 0 Å². The van der Waals surface area contributed by atoms with E-state index in [1.165, 1.54) is 5.56 Å². The maximum Gasteiger partial charge on any atom is 0.230 e. The minimum Gasteiger partial charge on any atom is -0.361 e. The molecular weight excluding hydrogens is 330 g/mol. The van der Waals surface area contributed by atoms with E-state index in [4.69, 9.17) is 4.52 Å². The van der Waals surface area contributed by atoms with Crippen molar-refractivity contribution in [3.05, 3.63) is 65.1 Å². The molecule has 1 amide bonds. The highest BCUT2D eigenvalue weighted by Gasteiger charge is 2.31. The fourth-order valence-corrected chi connectivity index (χ4v) is 3.56. The topological polar surface area (TPSA) is 77.0 Å². The number of nitrogens with zero attached hydrogens (tertiary/aromatic N) is 5. The molecule has 1 aliphatic rings. The molecule has 134 valence electrons. The number of benzene rings is 1. The lowest BCUT2D eigenvalue weighted by atomic mass is 10.0. The molecule has 7 heteroatoms. The van der Waals surface area contributed by atoms with Gasteiger partial charge < -0.3 is 14.0 Å². The zero-order chi connectivity index (χ0) is 18.1. The summed E-state index contributed by atoms with van der Waals surface area (Å²) >= 11 is 0. The first-order valence-corrected chi connectivity index (χ1v) is 8.74. The van der Waals surface area contributed by atoms with Crippen molar-refractivity contribution in [3.8, 4) is 0 Å². The molecule has 1 atom stereocenters. The number of aryl methyl sites for hydroxylation is 2. The Bertz CT molecular complexity index is 915. The monoisotopic (exact) mass is 351 g/mol. The van der Waals surface area contributed by atoms with E-state index in [-0.39, 0.29) is 18.4 Å². The average Bonchev–Trinajstić information content (AvgIpc) is 3.21. The minimum absolute atomic E-state index is 0.0196. The van der Waals surface area contributed by atoms with Gasteiger partial charge in [-0.1, -0.05) is 35.5 Å². The van der Waals surface area contributed by atoms with Crippen LogP contribution >= 0.6 is 0 Å². The summed E-state index contributed by atoms with van der Waals surface area (Å²) in [5.41, 5.74) is 2.01. The van der Waals surface area contributed by atoms with Crippen LogP contribution in [0.3, 0.4) is 0 Å². The summed E-state index contributed by atoms with van der Waals surface area (Å²) in [6.45, 7) is 4.91. The lowest BCUT2D eigenvalue weighted by Gasteiger charge is -2.34. The Morgan fingerprint density at radius 3 is 2.77 bits per heavy atom. The molecule has 1 aliphatic heterocycles. The van der Waals surface area contributed by atoms with Crippen molar-refractivity contribution in [1.82, 2.24) is 24.8 Å². The van der Waals surface area contributed by atoms with E-state index in [0.29, 0.717) is 18.8 Å². The summed E-state index contributed by atoms with van der Waals surface area (Å²) in [7, 11) is 0. The molecule has 0 spiro atoms. The van der Waals surface area contributed by atoms with Gasteiger partial charge in [0.25, 0.3) is 0 Å². The van der Waals surface area contributed by atoms with Crippen LogP contribution in [0.15, 0.2) is 40.9 Å². The molecule has 0 unspecified atom stereocenters. The standard InChI is InChI=1S/C19H21N5O2/c1-13-8-17(26-22-13)10-19(25)23-11-16(9-15-6-4-3-5-7-15)24-14(2)20-21-18(24)12-23/h3-8,16H,9-12H2,1-2H3/t16-/m1/s1. The van der Waals surface area contributed by atoms with Gasteiger partial charge in [-0.2, -0.15) is 0 Å². The Balaban J connectivity index is 1.56. The molecule has 3 heterocycles. The summed E-state index contributed by atoms with van der Waals surface area (Å²) in [4.78, 5) is 14.6. The van der Waals surface area contributed by atoms with Crippen molar-refractivity contribution in [3.63, 3.8) is 0 Å². The molecule has 1 aromatic carbocycles. The maximum atomic E-state index is 12.8. The first-order chi connectivity index (χ1) is 12.6. The molecule has 0 saturated carbocycles. The molecule has 4 rings (SSSR count). The third-order valence-corrected chi connectivity index (χ3v) is 4.73. The van der Waals surface area contributed by atoms with Crippen molar-refractivity contribution in [2.45, 2.75) is 39.3 Å². The Labute approximate surface area is 151 Å². The predicted octanol–water partition coefficient (Wildman–Crippen LogP) is 2.25. The van der Waals surface area contributed by atoms with Crippen molar-refractivity contribution in [1.29, 1.82) is 0 Å². The van der Waals surface area contributed by atoms with Crippen molar-refractivity contribution in [2.75, 3.05) is 6.54 Å². The highest BCUT2D eigenvalue weighted by Crippen LogP contribution is 2.25. The van der Waals surface area contributed by atoms with Gasteiger partial charge >= 0.3 is 0 Å². The number of aromatic nitrogens is 4. The highest BCUT2D eigenvalue weighted by molar-refractivity contribution is 5.78. The van der Waals surface area contributed by atoms with E-state index in [1.54, 1.807) is 6.07 Å². The van der Waals surface area contributed by atoms with Gasteiger partial charge in [-0.15, -0.1) is 10.2 Å². The molecule has 7 nitrogen and oxygen atoms in total. The van der Waals surface area contributed by atoms with Crippen LogP contribution in [0.5, 0.6) is 0 Å². The van der Waals surface area contributed by atoms with Crippen LogP contribution in [0.4, 0.5) is 0 Å². The van der Waals surface area contributed by atoms with Crippen LogP contribution in [-0.4, -0.2) is 37.3 Å². The largest absolute Gasteiger partial charge is 0.361 e. The second-order valence-corrected chi connectivity index (χ2v) is 6.76. The van der Waals surface area contributed by atoms with Gasteiger partial charge in [-0.3, -0.25) is 4.79 Å². The van der Waals surface area contributed by atoms with Gasteiger partial charge in [0.15, 0.2) is 5.82 Å². The Morgan fingerprint density at radius 1 is 1.23 bits per heavy atom. The van der Waals surface area contributed by atoms with Crippen LogP contribution in [0.2, 0.25) is 0 Å². The molecule has 0 saturated heterocycles. The van der Waals surface area contributed by atoms with E-state index in [2.05, 4.69) is 32.1 Å². The molecule has 3 aromatic rings. The summed E-state index contributed by atoms with van der Waals surface area (Å²) in [5, 5.41) is 12.3. The first-order valence-electron chi connectivity index (χ1n) is 8.74. The van der Waals surface area contributed by atoms with Gasteiger partial charge in [0.2, 0.25) is 5.91 Å². The predicted molar refractivity (Wildman–Crippen MR) is 94.3 cm³/mol. The number of amides is 1. The number of carbonyl (C=O) groups is 1. The lowest BCUT2D eigenvalue weighted by molar-refractivity contribution is -0.132. The smallest absolute Gasteiger partial charge is 0.230 e. The molecule has 0 N–H and O–H groups in total. The Morgan fingerprint density at radius 2 is 2.04 bits per heavy atom. The van der Waals surface area contributed by atoms with Gasteiger partial charge in [0.1, 0.15) is 11.6 Å². The van der Waals surface area contributed by atoms with Crippen molar-refractivity contribution < 1.29 is 9.32 Å². The molecule has 0 fully saturated rings. The first kappa shape index (κ1) is 16.5. The normalized spacial score (nSPS) is 16.5. The SMILES string of the molecule is Cc1cc(CC(=O)N2Cc3nnc(C)n3[C@H](Cc3ccccc3)C2)on1. The molecular formula is C19H21N5O2.